The maximum absolute atomic E-state index is 12.7. The van der Waals surface area contributed by atoms with Crippen molar-refractivity contribution in [2.24, 2.45) is 7.05 Å². The smallest absolute Gasteiger partial charge is 0.269 e. The van der Waals surface area contributed by atoms with Gasteiger partial charge in [-0.1, -0.05) is 60.2 Å². The van der Waals surface area contributed by atoms with Crippen LogP contribution >= 0.6 is 0 Å². The number of nitrogens with one attached hydrogen (secondary N) is 2. The number of aryl methyl sites for hydroxylation is 2. The van der Waals surface area contributed by atoms with E-state index in [4.69, 9.17) is 0 Å². The second-order valence-electron chi connectivity index (χ2n) is 7.15. The number of phenolic OH excluding ortho intramolecular Hbond substituents is 1. The van der Waals surface area contributed by atoms with Crippen molar-refractivity contribution in [3.63, 3.8) is 0 Å². The van der Waals surface area contributed by atoms with Gasteiger partial charge in [0.1, 0.15) is 5.75 Å². The maximum Gasteiger partial charge on any atom is 0.269 e. The van der Waals surface area contributed by atoms with Crippen LogP contribution in [-0.4, -0.2) is 15.6 Å². The Morgan fingerprint density at radius 1 is 0.966 bits per heavy atom. The minimum Gasteiger partial charge on any atom is -0.507 e. The van der Waals surface area contributed by atoms with Gasteiger partial charge in [0.2, 0.25) is 0 Å². The third kappa shape index (κ3) is 3.73. The molecular formula is C24H23N3O2. The first-order valence-corrected chi connectivity index (χ1v) is 9.49. The molecule has 4 aromatic rings. The second kappa shape index (κ2) is 7.81. The SMILES string of the molecule is Cc1ccc(O)c(C(=O)NNC(c2ccccc2)c2cc3ccccc3n2C)c1. The lowest BCUT2D eigenvalue weighted by molar-refractivity contribution is 0.0925. The monoisotopic (exact) mass is 385 g/mol. The molecule has 3 N–H and O–H groups in total. The van der Waals surface area contributed by atoms with E-state index in [9.17, 15) is 9.90 Å². The van der Waals surface area contributed by atoms with Gasteiger partial charge >= 0.3 is 0 Å². The normalized spacial score (nSPS) is 12.1. The first-order chi connectivity index (χ1) is 14.0. The number of benzene rings is 3. The molecule has 1 amide bonds. The summed E-state index contributed by atoms with van der Waals surface area (Å²) in [5.41, 5.74) is 10.2. The van der Waals surface area contributed by atoms with Crippen LogP contribution in [0, 0.1) is 6.92 Å². The summed E-state index contributed by atoms with van der Waals surface area (Å²) < 4.78 is 2.12. The summed E-state index contributed by atoms with van der Waals surface area (Å²) in [4.78, 5) is 12.7. The number of fused-ring (bicyclic) bond motifs is 1. The number of para-hydroxylation sites is 1. The highest BCUT2D eigenvalue weighted by Gasteiger charge is 2.20. The number of aromatic hydroxyl groups is 1. The molecule has 4 rings (SSSR count). The van der Waals surface area contributed by atoms with E-state index in [1.165, 1.54) is 6.07 Å². The zero-order valence-corrected chi connectivity index (χ0v) is 16.4. The summed E-state index contributed by atoms with van der Waals surface area (Å²) in [7, 11) is 2.02. The zero-order chi connectivity index (χ0) is 20.4. The van der Waals surface area contributed by atoms with Crippen LogP contribution in [-0.2, 0) is 7.05 Å². The van der Waals surface area contributed by atoms with Crippen molar-refractivity contribution < 1.29 is 9.90 Å². The van der Waals surface area contributed by atoms with Gasteiger partial charge in [-0.25, -0.2) is 5.43 Å². The highest BCUT2D eigenvalue weighted by molar-refractivity contribution is 5.96. The summed E-state index contributed by atoms with van der Waals surface area (Å²) in [6, 6.07) is 24.9. The van der Waals surface area contributed by atoms with Gasteiger partial charge in [0.05, 0.1) is 11.6 Å². The van der Waals surface area contributed by atoms with Crippen molar-refractivity contribution in [1.82, 2.24) is 15.4 Å². The Kier molecular flexibility index (Phi) is 5.06. The summed E-state index contributed by atoms with van der Waals surface area (Å²) in [6.07, 6.45) is 0. The van der Waals surface area contributed by atoms with Crippen LogP contribution in [0.2, 0.25) is 0 Å². The number of nitrogens with zero attached hydrogens (tertiary/aromatic N) is 1. The number of rotatable bonds is 5. The lowest BCUT2D eigenvalue weighted by Crippen LogP contribution is -2.41. The molecule has 0 aliphatic carbocycles. The van der Waals surface area contributed by atoms with Crippen LogP contribution in [0.3, 0.4) is 0 Å². The Labute approximate surface area is 169 Å². The molecule has 29 heavy (non-hydrogen) atoms. The van der Waals surface area contributed by atoms with E-state index < -0.39 is 0 Å². The molecule has 5 heteroatoms. The molecule has 1 heterocycles. The van der Waals surface area contributed by atoms with Gasteiger partial charge in [0, 0.05) is 18.3 Å². The quantitative estimate of drug-likeness (QED) is 0.451. The molecule has 146 valence electrons. The van der Waals surface area contributed by atoms with Crippen molar-refractivity contribution in [2.75, 3.05) is 0 Å². The molecule has 0 fully saturated rings. The van der Waals surface area contributed by atoms with E-state index in [2.05, 4.69) is 33.6 Å². The van der Waals surface area contributed by atoms with E-state index in [0.717, 1.165) is 27.7 Å². The van der Waals surface area contributed by atoms with Gasteiger partial charge in [0.25, 0.3) is 5.91 Å². The topological polar surface area (TPSA) is 66.3 Å². The van der Waals surface area contributed by atoms with E-state index in [1.54, 1.807) is 12.1 Å². The molecule has 1 unspecified atom stereocenters. The molecule has 0 aliphatic rings. The van der Waals surface area contributed by atoms with Gasteiger partial charge in [-0.05, 0) is 42.1 Å². The first-order valence-electron chi connectivity index (χ1n) is 9.49. The molecule has 0 bridgehead atoms. The summed E-state index contributed by atoms with van der Waals surface area (Å²) in [5.74, 6) is -0.429. The Balaban J connectivity index is 1.67. The fraction of sp³-hybridized carbons (Fsp3) is 0.125. The summed E-state index contributed by atoms with van der Waals surface area (Å²) in [6.45, 7) is 1.88. The van der Waals surface area contributed by atoms with Gasteiger partial charge in [-0.2, -0.15) is 0 Å². The predicted octanol–water partition coefficient (Wildman–Crippen LogP) is 4.22. The number of hydrazine groups is 1. The minimum atomic E-state index is -0.383. The largest absolute Gasteiger partial charge is 0.507 e. The Morgan fingerprint density at radius 3 is 2.45 bits per heavy atom. The fourth-order valence-electron chi connectivity index (χ4n) is 3.60. The van der Waals surface area contributed by atoms with Gasteiger partial charge < -0.3 is 9.67 Å². The third-order valence-electron chi connectivity index (χ3n) is 5.14. The van der Waals surface area contributed by atoms with Crippen LogP contribution < -0.4 is 10.9 Å². The van der Waals surface area contributed by atoms with Crippen molar-refractivity contribution in [2.45, 2.75) is 13.0 Å². The lowest BCUT2D eigenvalue weighted by Gasteiger charge is -2.21. The van der Waals surface area contributed by atoms with Crippen molar-refractivity contribution in [3.05, 3.63) is 101 Å². The average molecular weight is 385 g/mol. The summed E-state index contributed by atoms with van der Waals surface area (Å²) in [5, 5.41) is 11.2. The van der Waals surface area contributed by atoms with E-state index in [1.807, 2.05) is 56.4 Å². The molecular weight excluding hydrogens is 362 g/mol. The van der Waals surface area contributed by atoms with Crippen molar-refractivity contribution >= 4 is 16.8 Å². The van der Waals surface area contributed by atoms with Crippen molar-refractivity contribution in [1.29, 1.82) is 0 Å². The van der Waals surface area contributed by atoms with Crippen LogP contribution in [0.25, 0.3) is 10.9 Å². The van der Waals surface area contributed by atoms with Crippen LogP contribution in [0.4, 0.5) is 0 Å². The first kappa shape index (κ1) is 18.8. The van der Waals surface area contributed by atoms with E-state index in [0.29, 0.717) is 0 Å². The number of hydrogen-bond acceptors (Lipinski definition) is 3. The number of carbonyl (C=O) groups is 1. The minimum absolute atomic E-state index is 0.0456. The van der Waals surface area contributed by atoms with Crippen LogP contribution in [0.15, 0.2) is 78.9 Å². The molecule has 0 spiro atoms. The number of phenols is 1. The molecule has 0 saturated heterocycles. The number of hydrogen-bond donors (Lipinski definition) is 3. The van der Waals surface area contributed by atoms with Crippen molar-refractivity contribution in [3.8, 4) is 5.75 Å². The average Bonchev–Trinajstić information content (AvgIpc) is 3.07. The predicted molar refractivity (Wildman–Crippen MR) is 115 cm³/mol. The second-order valence-corrected chi connectivity index (χ2v) is 7.15. The summed E-state index contributed by atoms with van der Waals surface area (Å²) >= 11 is 0. The molecule has 5 nitrogen and oxygen atoms in total. The lowest BCUT2D eigenvalue weighted by atomic mass is 10.0. The third-order valence-corrected chi connectivity index (χ3v) is 5.14. The Bertz CT molecular complexity index is 1170. The molecule has 1 aromatic heterocycles. The number of aromatic nitrogens is 1. The highest BCUT2D eigenvalue weighted by Crippen LogP contribution is 2.27. The van der Waals surface area contributed by atoms with E-state index >= 15 is 0 Å². The highest BCUT2D eigenvalue weighted by atomic mass is 16.3. The maximum atomic E-state index is 12.7. The van der Waals surface area contributed by atoms with Gasteiger partial charge in [-0.3, -0.25) is 10.2 Å². The standard InChI is InChI=1S/C24H23N3O2/c1-16-12-13-22(28)19(14-16)24(29)26-25-23(17-8-4-3-5-9-17)21-15-18-10-6-7-11-20(18)27(21)2/h3-15,23,25,28H,1-2H3,(H,26,29). The number of amides is 1. The zero-order valence-electron chi connectivity index (χ0n) is 16.4. The molecule has 1 atom stereocenters. The van der Waals surface area contributed by atoms with Gasteiger partial charge in [-0.15, -0.1) is 0 Å². The fourth-order valence-corrected chi connectivity index (χ4v) is 3.60. The molecule has 3 aromatic carbocycles. The van der Waals surface area contributed by atoms with Gasteiger partial charge in [0.15, 0.2) is 0 Å². The molecule has 0 aliphatic heterocycles. The number of carbonyl (C=O) groups excluding carboxylic acids is 1. The van der Waals surface area contributed by atoms with E-state index in [-0.39, 0.29) is 23.3 Å². The Morgan fingerprint density at radius 2 is 1.69 bits per heavy atom. The molecule has 0 radical (unpaired) electrons. The Hall–Kier alpha value is -3.57. The van der Waals surface area contributed by atoms with Crippen LogP contribution in [0.1, 0.15) is 33.2 Å². The molecule has 0 saturated carbocycles. The van der Waals surface area contributed by atoms with Crippen LogP contribution in [0.5, 0.6) is 5.75 Å².